The third-order valence-corrected chi connectivity index (χ3v) is 5.74. The molecule has 140 valence electrons. The van der Waals surface area contributed by atoms with Crippen molar-refractivity contribution in [1.82, 2.24) is 15.0 Å². The number of carbonyl (C=O) groups excluding carboxylic acids is 1. The Hall–Kier alpha value is -1.87. The lowest BCUT2D eigenvalue weighted by atomic mass is 10.1. The molecule has 10 heteroatoms. The molecule has 0 aliphatic carbocycles. The van der Waals surface area contributed by atoms with Crippen molar-refractivity contribution in [2.75, 3.05) is 11.1 Å². The van der Waals surface area contributed by atoms with Gasteiger partial charge < -0.3 is 10.3 Å². The third-order valence-electron chi connectivity index (χ3n) is 3.37. The monoisotopic (exact) mass is 440 g/mol. The highest BCUT2D eigenvalue weighted by Crippen LogP contribution is 2.27. The highest BCUT2D eigenvalue weighted by molar-refractivity contribution is 7.99. The Morgan fingerprint density at radius 3 is 2.89 bits per heavy atom. The Bertz CT molecular complexity index is 1040. The third kappa shape index (κ3) is 5.80. The number of aromatic amines is 1. The number of rotatable bonds is 6. The Balaban J connectivity index is 1.56. The van der Waals surface area contributed by atoms with E-state index in [9.17, 15) is 9.59 Å². The fraction of sp³-hybridized carbons (Fsp3) is 0.176. The average molecular weight is 441 g/mol. The van der Waals surface area contributed by atoms with E-state index in [0.29, 0.717) is 32.4 Å². The van der Waals surface area contributed by atoms with Crippen LogP contribution < -0.4 is 10.9 Å². The zero-order chi connectivity index (χ0) is 19.4. The number of thioether (sulfide) groups is 1. The molecule has 0 radical (unpaired) electrons. The minimum atomic E-state index is -0.240. The summed E-state index contributed by atoms with van der Waals surface area (Å²) in [6, 6.07) is 6.75. The largest absolute Gasteiger partial charge is 0.301 e. The summed E-state index contributed by atoms with van der Waals surface area (Å²) in [5.41, 5.74) is 1.30. The Kier molecular flexibility index (Phi) is 6.54. The number of hydrogen-bond acceptors (Lipinski definition) is 6. The van der Waals surface area contributed by atoms with Crippen LogP contribution in [0, 0.1) is 6.92 Å². The van der Waals surface area contributed by atoms with E-state index in [1.54, 1.807) is 25.3 Å². The van der Waals surface area contributed by atoms with Gasteiger partial charge in [0.05, 0.1) is 5.75 Å². The standard InChI is InChI=1S/C17H14Cl2N4O2S2/c1-9-4-14(24)22-17(21-9)26-8-15(25)23-16-20-7-12(27-16)5-10-2-3-11(18)6-13(10)19/h2-4,6-7H,5,8H2,1H3,(H,20,23,25)(H,21,22,24). The van der Waals surface area contributed by atoms with Crippen LogP contribution in [0.1, 0.15) is 16.1 Å². The van der Waals surface area contributed by atoms with Gasteiger partial charge >= 0.3 is 0 Å². The number of anilines is 1. The number of aromatic nitrogens is 3. The molecule has 0 bridgehead atoms. The molecule has 27 heavy (non-hydrogen) atoms. The lowest BCUT2D eigenvalue weighted by Gasteiger charge is -2.03. The summed E-state index contributed by atoms with van der Waals surface area (Å²) in [4.78, 5) is 35.4. The van der Waals surface area contributed by atoms with Crippen LogP contribution in [-0.2, 0) is 11.2 Å². The number of H-pyrrole nitrogens is 1. The van der Waals surface area contributed by atoms with Gasteiger partial charge in [-0.05, 0) is 24.6 Å². The van der Waals surface area contributed by atoms with E-state index >= 15 is 0 Å². The molecular weight excluding hydrogens is 427 g/mol. The van der Waals surface area contributed by atoms with E-state index in [1.165, 1.54) is 17.4 Å². The molecule has 0 atom stereocenters. The molecule has 0 spiro atoms. The molecule has 0 unspecified atom stereocenters. The van der Waals surface area contributed by atoms with Gasteiger partial charge in [-0.25, -0.2) is 9.97 Å². The molecule has 2 aromatic heterocycles. The molecule has 2 N–H and O–H groups in total. The summed E-state index contributed by atoms with van der Waals surface area (Å²) in [5.74, 6) is -0.112. The lowest BCUT2D eigenvalue weighted by molar-refractivity contribution is -0.113. The number of aryl methyl sites for hydroxylation is 1. The number of carbonyl (C=O) groups is 1. The van der Waals surface area contributed by atoms with Crippen molar-refractivity contribution in [1.29, 1.82) is 0 Å². The lowest BCUT2D eigenvalue weighted by Crippen LogP contribution is -2.15. The van der Waals surface area contributed by atoms with Crippen LogP contribution in [-0.4, -0.2) is 26.6 Å². The van der Waals surface area contributed by atoms with Crippen LogP contribution >= 0.6 is 46.3 Å². The first-order chi connectivity index (χ1) is 12.9. The van der Waals surface area contributed by atoms with Gasteiger partial charge in [-0.1, -0.05) is 41.0 Å². The molecule has 0 saturated heterocycles. The summed E-state index contributed by atoms with van der Waals surface area (Å²) in [6.07, 6.45) is 2.31. The topological polar surface area (TPSA) is 87.7 Å². The van der Waals surface area contributed by atoms with Crippen molar-refractivity contribution in [3.8, 4) is 0 Å². The number of amides is 1. The van der Waals surface area contributed by atoms with Crippen LogP contribution in [0.5, 0.6) is 0 Å². The molecule has 0 fully saturated rings. The van der Waals surface area contributed by atoms with Gasteiger partial charge in [-0.3, -0.25) is 9.59 Å². The Morgan fingerprint density at radius 1 is 1.33 bits per heavy atom. The van der Waals surface area contributed by atoms with E-state index in [1.807, 2.05) is 6.07 Å². The highest BCUT2D eigenvalue weighted by Gasteiger charge is 2.10. The normalized spacial score (nSPS) is 10.8. The second kappa shape index (κ2) is 8.88. The van der Waals surface area contributed by atoms with Crippen molar-refractivity contribution < 1.29 is 4.79 Å². The van der Waals surface area contributed by atoms with Crippen molar-refractivity contribution in [3.63, 3.8) is 0 Å². The zero-order valence-corrected chi connectivity index (χ0v) is 17.2. The second-order valence-electron chi connectivity index (χ2n) is 5.57. The summed E-state index contributed by atoms with van der Waals surface area (Å²) >= 11 is 14.6. The quantitative estimate of drug-likeness (QED) is 0.443. The van der Waals surface area contributed by atoms with Crippen LogP contribution in [0.15, 0.2) is 40.4 Å². The van der Waals surface area contributed by atoms with Gasteiger partial charge in [0.25, 0.3) is 5.56 Å². The summed E-state index contributed by atoms with van der Waals surface area (Å²) < 4.78 is 0. The van der Waals surface area contributed by atoms with Gasteiger partial charge in [0, 0.05) is 39.3 Å². The maximum Gasteiger partial charge on any atom is 0.251 e. The van der Waals surface area contributed by atoms with Gasteiger partial charge in [0.1, 0.15) is 0 Å². The van der Waals surface area contributed by atoms with Crippen LogP contribution in [0.4, 0.5) is 5.13 Å². The van der Waals surface area contributed by atoms with Crippen LogP contribution in [0.3, 0.4) is 0 Å². The van der Waals surface area contributed by atoms with E-state index in [4.69, 9.17) is 23.2 Å². The number of halogens is 2. The molecule has 1 amide bonds. The first kappa shape index (κ1) is 19.9. The smallest absolute Gasteiger partial charge is 0.251 e. The van der Waals surface area contributed by atoms with E-state index < -0.39 is 0 Å². The molecule has 3 aromatic rings. The fourth-order valence-electron chi connectivity index (χ4n) is 2.21. The zero-order valence-electron chi connectivity index (χ0n) is 14.1. The van der Waals surface area contributed by atoms with Gasteiger partial charge in [-0.2, -0.15) is 0 Å². The Labute approximate surface area is 173 Å². The first-order valence-corrected chi connectivity index (χ1v) is 10.3. The number of hydrogen-bond donors (Lipinski definition) is 2. The SMILES string of the molecule is Cc1cc(=O)[nH]c(SCC(=O)Nc2ncc(Cc3ccc(Cl)cc3Cl)s2)n1. The van der Waals surface area contributed by atoms with Crippen molar-refractivity contribution in [2.24, 2.45) is 0 Å². The number of thiazole rings is 1. The summed E-state index contributed by atoms with van der Waals surface area (Å²) in [6.45, 7) is 1.73. The summed E-state index contributed by atoms with van der Waals surface area (Å²) in [5, 5.41) is 4.84. The van der Waals surface area contributed by atoms with Gasteiger partial charge in [0.15, 0.2) is 10.3 Å². The van der Waals surface area contributed by atoms with Gasteiger partial charge in [0.2, 0.25) is 5.91 Å². The van der Waals surface area contributed by atoms with Crippen molar-refractivity contribution >= 4 is 57.3 Å². The second-order valence-corrected chi connectivity index (χ2v) is 8.50. The minimum absolute atomic E-state index is 0.115. The number of nitrogens with one attached hydrogen (secondary N) is 2. The predicted molar refractivity (Wildman–Crippen MR) is 110 cm³/mol. The first-order valence-electron chi connectivity index (χ1n) is 7.78. The van der Waals surface area contributed by atoms with E-state index in [0.717, 1.165) is 22.2 Å². The Morgan fingerprint density at radius 2 is 2.15 bits per heavy atom. The molecule has 2 heterocycles. The van der Waals surface area contributed by atoms with Crippen molar-refractivity contribution in [2.45, 2.75) is 18.5 Å². The summed E-state index contributed by atoms with van der Waals surface area (Å²) in [7, 11) is 0. The molecular formula is C17H14Cl2N4O2S2. The maximum absolute atomic E-state index is 12.1. The molecule has 1 aromatic carbocycles. The minimum Gasteiger partial charge on any atom is -0.301 e. The molecule has 0 aliphatic rings. The van der Waals surface area contributed by atoms with E-state index in [-0.39, 0.29) is 17.2 Å². The fourth-order valence-corrected chi connectivity index (χ4v) is 4.26. The van der Waals surface area contributed by atoms with E-state index in [2.05, 4.69) is 20.3 Å². The maximum atomic E-state index is 12.1. The highest BCUT2D eigenvalue weighted by atomic mass is 35.5. The number of benzene rings is 1. The molecule has 0 aliphatic heterocycles. The molecule has 0 saturated carbocycles. The number of nitrogens with zero attached hydrogens (tertiary/aromatic N) is 2. The van der Waals surface area contributed by atoms with Gasteiger partial charge in [-0.15, -0.1) is 11.3 Å². The molecule has 6 nitrogen and oxygen atoms in total. The van der Waals surface area contributed by atoms with Crippen LogP contribution in [0.25, 0.3) is 0 Å². The van der Waals surface area contributed by atoms with Crippen LogP contribution in [0.2, 0.25) is 10.0 Å². The molecule has 3 rings (SSSR count). The predicted octanol–water partition coefficient (Wildman–Crippen LogP) is 4.16. The average Bonchev–Trinajstić information content (AvgIpc) is 3.02. The van der Waals surface area contributed by atoms with Crippen molar-refractivity contribution in [3.05, 3.63) is 67.0 Å².